The van der Waals surface area contributed by atoms with Crippen LogP contribution in [0, 0.1) is 0 Å². The lowest BCUT2D eigenvalue weighted by Gasteiger charge is -2.32. The fourth-order valence-corrected chi connectivity index (χ4v) is 3.76. The maximum absolute atomic E-state index is 12.1. The molecule has 0 atom stereocenters. The minimum Gasteiger partial charge on any atom is -0.349 e. The van der Waals surface area contributed by atoms with Crippen LogP contribution in [0.1, 0.15) is 62.8 Å². The van der Waals surface area contributed by atoms with Crippen molar-refractivity contribution in [1.29, 1.82) is 0 Å². The molecule has 2 aromatic carbocycles. The molecular formula is C28H40N2O2. The fourth-order valence-electron chi connectivity index (χ4n) is 3.76. The summed E-state index contributed by atoms with van der Waals surface area (Å²) in [5.74, 6) is 0.241. The van der Waals surface area contributed by atoms with E-state index in [1.165, 1.54) is 11.1 Å². The lowest BCUT2D eigenvalue weighted by Crippen LogP contribution is -2.25. The van der Waals surface area contributed by atoms with Crippen LogP contribution in [0.3, 0.4) is 0 Å². The zero-order chi connectivity index (χ0) is 24.1. The van der Waals surface area contributed by atoms with Crippen LogP contribution in [0.5, 0.6) is 0 Å². The monoisotopic (exact) mass is 436 g/mol. The third kappa shape index (κ3) is 6.94. The van der Waals surface area contributed by atoms with E-state index >= 15 is 0 Å². The molecular weight excluding hydrogens is 396 g/mol. The fraction of sp³-hybridized carbons (Fsp3) is 0.500. The van der Waals surface area contributed by atoms with Gasteiger partial charge in [0.1, 0.15) is 0 Å². The number of likely N-dealkylation sites (N-methyl/N-ethyl adjacent to an activating group) is 2. The van der Waals surface area contributed by atoms with Crippen molar-refractivity contribution >= 4 is 11.8 Å². The van der Waals surface area contributed by atoms with Crippen LogP contribution in [0.2, 0.25) is 0 Å². The van der Waals surface area contributed by atoms with Crippen LogP contribution in [0.4, 0.5) is 0 Å². The van der Waals surface area contributed by atoms with Gasteiger partial charge < -0.3 is 9.80 Å². The molecule has 0 spiro atoms. The van der Waals surface area contributed by atoms with Gasteiger partial charge in [0.05, 0.1) is 12.8 Å². The third-order valence-electron chi connectivity index (χ3n) is 6.53. The minimum absolute atomic E-state index is 0.00646. The number of rotatable bonds is 9. The molecule has 0 aliphatic carbocycles. The average Bonchev–Trinajstić information content (AvgIpc) is 2.73. The Hall–Kier alpha value is -2.62. The predicted octanol–water partition coefficient (Wildman–Crippen LogP) is 4.98. The van der Waals surface area contributed by atoms with Gasteiger partial charge in [-0.25, -0.2) is 0 Å². The first-order valence-electron chi connectivity index (χ1n) is 11.4. The van der Waals surface area contributed by atoms with Crippen molar-refractivity contribution in [2.75, 3.05) is 28.2 Å². The van der Waals surface area contributed by atoms with Crippen molar-refractivity contribution in [3.8, 4) is 0 Å². The van der Waals surface area contributed by atoms with E-state index in [0.717, 1.165) is 24.0 Å². The van der Waals surface area contributed by atoms with Crippen molar-refractivity contribution in [1.82, 2.24) is 9.80 Å². The van der Waals surface area contributed by atoms with Gasteiger partial charge in [0.25, 0.3) is 0 Å². The summed E-state index contributed by atoms with van der Waals surface area (Å²) in [6.45, 7) is 9.14. The maximum Gasteiger partial charge on any atom is 0.226 e. The molecule has 0 bridgehead atoms. The first kappa shape index (κ1) is 25.6. The topological polar surface area (TPSA) is 40.6 Å². The van der Waals surface area contributed by atoms with Gasteiger partial charge in [0.15, 0.2) is 0 Å². The van der Waals surface area contributed by atoms with E-state index < -0.39 is 0 Å². The van der Waals surface area contributed by atoms with E-state index in [2.05, 4.69) is 70.2 Å². The molecule has 0 saturated heterocycles. The molecule has 4 nitrogen and oxygen atoms in total. The van der Waals surface area contributed by atoms with Gasteiger partial charge in [-0.1, -0.05) is 76.2 Å². The Balaban J connectivity index is 2.07. The molecule has 0 aliphatic rings. The Labute approximate surface area is 194 Å². The van der Waals surface area contributed by atoms with Crippen LogP contribution in [-0.2, 0) is 33.3 Å². The van der Waals surface area contributed by atoms with Crippen LogP contribution in [-0.4, -0.2) is 49.8 Å². The molecule has 0 fully saturated rings. The molecule has 32 heavy (non-hydrogen) atoms. The van der Waals surface area contributed by atoms with Gasteiger partial charge in [-0.2, -0.15) is 0 Å². The van der Waals surface area contributed by atoms with Gasteiger partial charge in [-0.3, -0.25) is 9.59 Å². The van der Waals surface area contributed by atoms with Crippen LogP contribution >= 0.6 is 0 Å². The number of carbonyl (C=O) groups excluding carboxylic acids is 2. The molecule has 174 valence electrons. The van der Waals surface area contributed by atoms with E-state index in [0.29, 0.717) is 12.8 Å². The van der Waals surface area contributed by atoms with Gasteiger partial charge in [0.2, 0.25) is 11.8 Å². The Morgan fingerprint density at radius 3 is 1.62 bits per heavy atom. The Kier molecular flexibility index (Phi) is 8.28. The summed E-state index contributed by atoms with van der Waals surface area (Å²) in [6, 6.07) is 16.9. The normalized spacial score (nSPS) is 11.9. The molecule has 2 amide bonds. The van der Waals surface area contributed by atoms with Gasteiger partial charge in [0, 0.05) is 28.2 Å². The summed E-state index contributed by atoms with van der Waals surface area (Å²) >= 11 is 0. The lowest BCUT2D eigenvalue weighted by atomic mass is 9.72. The molecule has 0 unspecified atom stereocenters. The maximum atomic E-state index is 12.1. The highest BCUT2D eigenvalue weighted by Gasteiger charge is 2.27. The molecule has 4 heteroatoms. The van der Waals surface area contributed by atoms with Crippen LogP contribution in [0.15, 0.2) is 48.5 Å². The van der Waals surface area contributed by atoms with Crippen LogP contribution in [0.25, 0.3) is 0 Å². The van der Waals surface area contributed by atoms with E-state index in [1.54, 1.807) is 38.0 Å². The molecule has 0 aliphatic heterocycles. The zero-order valence-electron chi connectivity index (χ0n) is 21.2. The molecule has 2 rings (SSSR count). The van der Waals surface area contributed by atoms with E-state index in [1.807, 2.05) is 6.07 Å². The predicted molar refractivity (Wildman–Crippen MR) is 133 cm³/mol. The van der Waals surface area contributed by atoms with E-state index in [4.69, 9.17) is 0 Å². The highest BCUT2D eigenvalue weighted by atomic mass is 16.2. The van der Waals surface area contributed by atoms with Gasteiger partial charge >= 0.3 is 0 Å². The first-order valence-corrected chi connectivity index (χ1v) is 11.4. The van der Waals surface area contributed by atoms with Crippen molar-refractivity contribution in [3.05, 3.63) is 70.8 Å². The Morgan fingerprint density at radius 1 is 0.656 bits per heavy atom. The molecule has 0 heterocycles. The van der Waals surface area contributed by atoms with E-state index in [-0.39, 0.29) is 22.6 Å². The lowest BCUT2D eigenvalue weighted by molar-refractivity contribution is -0.128. The molecule has 2 aromatic rings. The van der Waals surface area contributed by atoms with Crippen molar-refractivity contribution < 1.29 is 9.59 Å². The second-order valence-corrected chi connectivity index (χ2v) is 10.6. The molecule has 0 saturated carbocycles. The first-order chi connectivity index (χ1) is 14.8. The van der Waals surface area contributed by atoms with Crippen LogP contribution < -0.4 is 0 Å². The van der Waals surface area contributed by atoms with Crippen molar-refractivity contribution in [3.63, 3.8) is 0 Å². The van der Waals surface area contributed by atoms with Crippen molar-refractivity contribution in [2.45, 2.75) is 64.2 Å². The number of amides is 2. The summed E-state index contributed by atoms with van der Waals surface area (Å²) in [5.41, 5.74) is 4.71. The summed E-state index contributed by atoms with van der Waals surface area (Å²) in [6.07, 6.45) is 2.95. The number of hydrogen-bond donors (Lipinski definition) is 0. The number of nitrogens with zero attached hydrogens (tertiary/aromatic N) is 2. The number of hydrogen-bond acceptors (Lipinski definition) is 2. The second kappa shape index (κ2) is 10.3. The summed E-state index contributed by atoms with van der Waals surface area (Å²) in [4.78, 5) is 27.3. The highest BCUT2D eigenvalue weighted by Crippen LogP contribution is 2.36. The SMILES string of the molecule is CN(C)C(=O)Cc1ccc(C(C)(C)CCC(C)(C)c2cccc(CC(=O)N(C)C)c2)cc1. The smallest absolute Gasteiger partial charge is 0.226 e. The Morgan fingerprint density at radius 2 is 1.12 bits per heavy atom. The Bertz CT molecular complexity index is 925. The molecule has 0 N–H and O–H groups in total. The standard InChI is InChI=1S/C28H40N2O2/c1-27(2,23-14-12-21(13-15-23)19-25(31)29(5)6)16-17-28(3,4)24-11-9-10-22(18-24)20-26(32)30(7)8/h9-15,18H,16-17,19-20H2,1-8H3. The quantitative estimate of drug-likeness (QED) is 0.556. The largest absolute Gasteiger partial charge is 0.349 e. The van der Waals surface area contributed by atoms with Crippen molar-refractivity contribution in [2.24, 2.45) is 0 Å². The van der Waals surface area contributed by atoms with E-state index in [9.17, 15) is 9.59 Å². The third-order valence-corrected chi connectivity index (χ3v) is 6.53. The summed E-state index contributed by atoms with van der Waals surface area (Å²) in [7, 11) is 7.17. The van der Waals surface area contributed by atoms with Gasteiger partial charge in [-0.05, 0) is 45.9 Å². The zero-order valence-corrected chi connectivity index (χ0v) is 21.2. The van der Waals surface area contributed by atoms with Gasteiger partial charge in [-0.15, -0.1) is 0 Å². The number of benzene rings is 2. The summed E-state index contributed by atoms with van der Waals surface area (Å²) < 4.78 is 0. The average molecular weight is 437 g/mol. The molecule has 0 radical (unpaired) electrons. The second-order valence-electron chi connectivity index (χ2n) is 10.6. The molecule has 0 aromatic heterocycles. The highest BCUT2D eigenvalue weighted by molar-refractivity contribution is 5.78. The summed E-state index contributed by atoms with van der Waals surface area (Å²) in [5, 5.41) is 0. The minimum atomic E-state index is 0.00646. The number of carbonyl (C=O) groups is 2.